The quantitative estimate of drug-likeness (QED) is 0.0734. The molecule has 0 unspecified atom stereocenters. The summed E-state index contributed by atoms with van der Waals surface area (Å²) in [6, 6.07) is 0. The van der Waals surface area contributed by atoms with Crippen LogP contribution in [0.5, 0.6) is 0 Å². The fourth-order valence-corrected chi connectivity index (χ4v) is 9.47. The van der Waals surface area contributed by atoms with Crippen LogP contribution in [0.4, 0.5) is 0 Å². The minimum Gasteiger partial charge on any atom is -0.748 e. The SMILES string of the molecule is O=S(=O)([O-])CCSSCCS(=O)(=O)[O-].O=S(=O)([O-])CCSSCCS(=O)(=O)[O-].[Na+].[Na+].[Na+].[Na+]. The Morgan fingerprint density at radius 1 is 0.375 bits per heavy atom. The van der Waals surface area contributed by atoms with Crippen molar-refractivity contribution in [1.29, 1.82) is 0 Å². The van der Waals surface area contributed by atoms with E-state index >= 15 is 0 Å². The molecule has 0 radical (unpaired) electrons. The van der Waals surface area contributed by atoms with E-state index in [0.717, 1.165) is 43.2 Å². The Labute approximate surface area is 294 Å². The second kappa shape index (κ2) is 26.3. The van der Waals surface area contributed by atoms with Gasteiger partial charge in [-0.2, -0.15) is 0 Å². The molecule has 0 spiro atoms. The molecule has 0 heterocycles. The topological polar surface area (TPSA) is 229 Å². The van der Waals surface area contributed by atoms with Crippen LogP contribution in [0, 0.1) is 0 Å². The Morgan fingerprint density at radius 2 is 0.500 bits per heavy atom. The molecule has 0 aliphatic heterocycles. The smallest absolute Gasteiger partial charge is 0.748 e. The molecule has 32 heavy (non-hydrogen) atoms. The first kappa shape index (κ1) is 49.9. The summed E-state index contributed by atoms with van der Waals surface area (Å²) in [5.41, 5.74) is 0. The summed E-state index contributed by atoms with van der Waals surface area (Å²) < 4.78 is 121. The fraction of sp³-hybridized carbons (Fsp3) is 1.00. The first-order valence-corrected chi connectivity index (χ1v) is 17.9. The van der Waals surface area contributed by atoms with Crippen LogP contribution in [0.1, 0.15) is 0 Å². The van der Waals surface area contributed by atoms with E-state index in [1.807, 2.05) is 0 Å². The van der Waals surface area contributed by atoms with E-state index < -0.39 is 63.5 Å². The summed E-state index contributed by atoms with van der Waals surface area (Å²) in [7, 11) is -12.6. The monoisotopic (exact) mass is 652 g/mol. The molecular weight excluding hydrogens is 637 g/mol. The normalized spacial score (nSPS) is 11.4. The molecule has 0 atom stereocenters. The van der Waals surface area contributed by atoms with Crippen molar-refractivity contribution in [1.82, 2.24) is 0 Å². The van der Waals surface area contributed by atoms with Crippen LogP contribution in [-0.2, 0) is 40.5 Å². The summed E-state index contributed by atoms with van der Waals surface area (Å²) in [6.07, 6.45) is 0. The Hall–Kier alpha value is 5.04. The minimum absolute atomic E-state index is 0. The zero-order chi connectivity index (χ0) is 22.5. The van der Waals surface area contributed by atoms with E-state index in [1.165, 1.54) is 0 Å². The maximum atomic E-state index is 10.1. The van der Waals surface area contributed by atoms with Crippen LogP contribution in [-0.4, -0.2) is 97.9 Å². The summed E-state index contributed by atoms with van der Waals surface area (Å²) in [6.45, 7) is 0. The first-order chi connectivity index (χ1) is 12.4. The summed E-state index contributed by atoms with van der Waals surface area (Å²) in [4.78, 5) is 0. The first-order valence-electron chi connectivity index (χ1n) is 6.64. The Balaban J connectivity index is -0.0000000939. The summed E-state index contributed by atoms with van der Waals surface area (Å²) in [5, 5.41) is 0. The van der Waals surface area contributed by atoms with Gasteiger partial charge >= 0.3 is 118 Å². The molecule has 0 bridgehead atoms. The minimum atomic E-state index is -4.20. The number of hydrogen-bond donors (Lipinski definition) is 0. The van der Waals surface area contributed by atoms with Gasteiger partial charge in [-0.05, 0) is 0 Å². The molecule has 0 saturated carbocycles. The third-order valence-electron chi connectivity index (χ3n) is 1.83. The molecular formula is C8H16Na4O12S8. The van der Waals surface area contributed by atoms with E-state index in [0.29, 0.717) is 0 Å². The van der Waals surface area contributed by atoms with Crippen LogP contribution in [0.25, 0.3) is 0 Å². The van der Waals surface area contributed by atoms with Crippen molar-refractivity contribution in [2.75, 3.05) is 46.0 Å². The van der Waals surface area contributed by atoms with Gasteiger partial charge in [0.1, 0.15) is 0 Å². The zero-order valence-electron chi connectivity index (χ0n) is 17.8. The molecule has 172 valence electrons. The molecule has 0 amide bonds. The Morgan fingerprint density at radius 3 is 0.594 bits per heavy atom. The van der Waals surface area contributed by atoms with Crippen LogP contribution in [0.15, 0.2) is 0 Å². The van der Waals surface area contributed by atoms with Crippen LogP contribution < -0.4 is 118 Å². The molecule has 12 nitrogen and oxygen atoms in total. The third kappa shape index (κ3) is 55.5. The maximum Gasteiger partial charge on any atom is 1.00 e. The van der Waals surface area contributed by atoms with E-state index in [1.54, 1.807) is 0 Å². The van der Waals surface area contributed by atoms with Gasteiger partial charge in [-0.15, -0.1) is 0 Å². The third-order valence-corrected chi connectivity index (χ3v) is 10.5. The average Bonchev–Trinajstić information content (AvgIpc) is 2.43. The average molecular weight is 653 g/mol. The van der Waals surface area contributed by atoms with E-state index in [2.05, 4.69) is 0 Å². The second-order valence-corrected chi connectivity index (χ2v) is 15.8. The van der Waals surface area contributed by atoms with Crippen LogP contribution >= 0.6 is 43.2 Å². The Bertz CT molecular complexity index is 701. The zero-order valence-corrected chi connectivity index (χ0v) is 32.4. The van der Waals surface area contributed by atoms with Gasteiger partial charge < -0.3 is 18.2 Å². The largest absolute Gasteiger partial charge is 1.00 e. The van der Waals surface area contributed by atoms with Gasteiger partial charge in [0.15, 0.2) is 0 Å². The standard InChI is InChI=1S/2C4H10O6S4.4Na/c2*5-13(6,7)3-1-11-12-2-4-14(8,9)10;;;;/h2*1-4H2,(H,5,6,7)(H,8,9,10);;;;/q;;4*+1/p-4. The molecule has 0 aliphatic rings. The van der Waals surface area contributed by atoms with E-state index in [-0.39, 0.29) is 141 Å². The molecule has 0 aromatic carbocycles. The van der Waals surface area contributed by atoms with Crippen molar-refractivity contribution < 1.29 is 170 Å². The fourth-order valence-electron chi connectivity index (χ4n) is 0.780. The van der Waals surface area contributed by atoms with E-state index in [9.17, 15) is 51.9 Å². The van der Waals surface area contributed by atoms with Gasteiger partial charge in [-0.3, -0.25) is 0 Å². The van der Waals surface area contributed by atoms with Gasteiger partial charge in [0, 0.05) is 46.0 Å². The summed E-state index contributed by atoms with van der Waals surface area (Å²) >= 11 is 0. The van der Waals surface area contributed by atoms with E-state index in [4.69, 9.17) is 0 Å². The second-order valence-electron chi connectivity index (χ2n) is 4.34. The van der Waals surface area contributed by atoms with Gasteiger partial charge in [0.25, 0.3) is 0 Å². The molecule has 0 aromatic heterocycles. The Kier molecular flexibility index (Phi) is 41.0. The van der Waals surface area contributed by atoms with Crippen molar-refractivity contribution in [3.8, 4) is 0 Å². The van der Waals surface area contributed by atoms with Crippen LogP contribution in [0.3, 0.4) is 0 Å². The molecule has 0 aromatic rings. The molecule has 24 heteroatoms. The predicted molar refractivity (Wildman–Crippen MR) is 108 cm³/mol. The van der Waals surface area contributed by atoms with Crippen molar-refractivity contribution in [2.45, 2.75) is 0 Å². The molecule has 0 fully saturated rings. The summed E-state index contributed by atoms with van der Waals surface area (Å²) in [5.74, 6) is -1.59. The van der Waals surface area contributed by atoms with Gasteiger partial charge in [-0.25, -0.2) is 33.7 Å². The maximum absolute atomic E-state index is 10.1. The number of rotatable bonds is 14. The van der Waals surface area contributed by atoms with Crippen molar-refractivity contribution in [3.05, 3.63) is 0 Å². The van der Waals surface area contributed by atoms with Crippen molar-refractivity contribution in [3.63, 3.8) is 0 Å². The van der Waals surface area contributed by atoms with Gasteiger partial charge in [0.05, 0.1) is 40.5 Å². The van der Waals surface area contributed by atoms with Gasteiger partial charge in [0.2, 0.25) is 0 Å². The van der Waals surface area contributed by atoms with Crippen LogP contribution in [0.2, 0.25) is 0 Å². The number of hydrogen-bond acceptors (Lipinski definition) is 16. The molecule has 0 N–H and O–H groups in total. The van der Waals surface area contributed by atoms with Gasteiger partial charge in [-0.1, -0.05) is 43.2 Å². The predicted octanol–water partition coefficient (Wildman–Crippen LogP) is -13.1. The van der Waals surface area contributed by atoms with Crippen molar-refractivity contribution in [2.24, 2.45) is 0 Å². The molecule has 0 saturated heterocycles. The molecule has 0 rings (SSSR count). The van der Waals surface area contributed by atoms with Crippen molar-refractivity contribution >= 4 is 83.6 Å². The molecule has 0 aliphatic carbocycles.